The van der Waals surface area contributed by atoms with Gasteiger partial charge in [0.2, 0.25) is 0 Å². The van der Waals surface area contributed by atoms with Gasteiger partial charge in [-0.25, -0.2) is 0 Å². The van der Waals surface area contributed by atoms with Gasteiger partial charge in [-0.1, -0.05) is 47.5 Å². The van der Waals surface area contributed by atoms with Gasteiger partial charge in [0.15, 0.2) is 0 Å². The maximum Gasteiger partial charge on any atom is -0.0264 e. The van der Waals surface area contributed by atoms with E-state index >= 15 is 0 Å². The fourth-order valence-corrected chi connectivity index (χ4v) is 4.47. The normalized spacial score (nSPS) is 12.0. The van der Waals surface area contributed by atoms with E-state index in [9.17, 15) is 0 Å². The molecule has 1 heteroatoms. The highest BCUT2D eigenvalue weighted by molar-refractivity contribution is 7.59. The first-order valence-electron chi connectivity index (χ1n) is 5.35. The lowest BCUT2D eigenvalue weighted by molar-refractivity contribution is 0.770. The zero-order chi connectivity index (χ0) is 9.56. The van der Waals surface area contributed by atoms with Gasteiger partial charge in [-0.05, 0) is 23.9 Å². The predicted octanol–water partition coefficient (Wildman–Crippen LogP) is 4.48. The first-order valence-corrected chi connectivity index (χ1v) is 7.01. The molecule has 0 bridgehead atoms. The molecule has 0 aromatic heterocycles. The summed E-state index contributed by atoms with van der Waals surface area (Å²) in [6.07, 6.45) is 5.74. The molecule has 0 aromatic rings. The van der Waals surface area contributed by atoms with Gasteiger partial charge in [-0.15, -0.1) is 7.92 Å². The van der Waals surface area contributed by atoms with Gasteiger partial charge in [0.05, 0.1) is 0 Å². The maximum absolute atomic E-state index is 2.39. The van der Waals surface area contributed by atoms with Crippen molar-refractivity contribution in [1.29, 1.82) is 0 Å². The summed E-state index contributed by atoms with van der Waals surface area (Å²) in [7, 11) is 0.310. The predicted molar refractivity (Wildman–Crippen MR) is 61.6 cm³/mol. The summed E-state index contributed by atoms with van der Waals surface area (Å²) in [4.78, 5) is 0. The van der Waals surface area contributed by atoms with Crippen LogP contribution in [0.2, 0.25) is 0 Å². The zero-order valence-corrected chi connectivity index (χ0v) is 10.3. The third kappa shape index (κ3) is 5.14. The minimum Gasteiger partial charge on any atom is -0.101 e. The molecule has 0 rings (SSSR count). The minimum atomic E-state index is 0.310. The van der Waals surface area contributed by atoms with E-state index in [2.05, 4.69) is 34.6 Å². The molecule has 0 fully saturated rings. The second-order valence-electron chi connectivity index (χ2n) is 4.13. The topological polar surface area (TPSA) is 0 Å². The Morgan fingerprint density at radius 2 is 1.42 bits per heavy atom. The summed E-state index contributed by atoms with van der Waals surface area (Å²) in [5, 5.41) is 0. The van der Waals surface area contributed by atoms with E-state index < -0.39 is 0 Å². The van der Waals surface area contributed by atoms with E-state index in [1.807, 2.05) is 0 Å². The van der Waals surface area contributed by atoms with Gasteiger partial charge in [-0.3, -0.25) is 0 Å². The maximum atomic E-state index is 2.39. The van der Waals surface area contributed by atoms with Crippen molar-refractivity contribution in [3.63, 3.8) is 0 Å². The molecule has 12 heavy (non-hydrogen) atoms. The van der Waals surface area contributed by atoms with E-state index in [0.29, 0.717) is 7.92 Å². The van der Waals surface area contributed by atoms with Crippen LogP contribution in [0.5, 0.6) is 0 Å². The Hall–Kier alpha value is 0.430. The molecule has 0 spiro atoms. The van der Waals surface area contributed by atoms with Gasteiger partial charge in [0.25, 0.3) is 0 Å². The fraction of sp³-hybridized carbons (Fsp3) is 1.00. The molecular weight excluding hydrogens is 163 g/mol. The van der Waals surface area contributed by atoms with Crippen LogP contribution in [0.15, 0.2) is 0 Å². The average molecular weight is 188 g/mol. The van der Waals surface area contributed by atoms with E-state index in [1.165, 1.54) is 25.4 Å². The lowest BCUT2D eigenvalue weighted by atomic mass is 10.3. The molecule has 0 nitrogen and oxygen atoms in total. The van der Waals surface area contributed by atoms with Gasteiger partial charge in [-0.2, -0.15) is 0 Å². The number of hydrogen-bond donors (Lipinski definition) is 0. The minimum absolute atomic E-state index is 0.310. The smallest absolute Gasteiger partial charge is 0.0264 e. The van der Waals surface area contributed by atoms with Crippen molar-refractivity contribution in [2.24, 2.45) is 0 Å². The Kier molecular flexibility index (Phi) is 7.14. The summed E-state index contributed by atoms with van der Waals surface area (Å²) in [5.41, 5.74) is 1.86. The lowest BCUT2D eigenvalue weighted by Crippen LogP contribution is -2.06. The third-order valence-corrected chi connectivity index (χ3v) is 5.83. The molecule has 0 heterocycles. The molecule has 0 aromatic carbocycles. The first-order chi connectivity index (χ1) is 5.59. The van der Waals surface area contributed by atoms with Crippen LogP contribution in [-0.4, -0.2) is 17.5 Å². The standard InChI is InChI=1S/C11H25P/c1-6-7-8-9-12(10(2)3)11(4)5/h10-11H,6-9H2,1-5H3. The first kappa shape index (κ1) is 12.4. The number of rotatable bonds is 6. The van der Waals surface area contributed by atoms with Crippen molar-refractivity contribution in [3.8, 4) is 0 Å². The highest BCUT2D eigenvalue weighted by Gasteiger charge is 2.15. The molecular formula is C11H25P. The van der Waals surface area contributed by atoms with Crippen molar-refractivity contribution in [2.75, 3.05) is 6.16 Å². The van der Waals surface area contributed by atoms with Crippen molar-refractivity contribution < 1.29 is 0 Å². The summed E-state index contributed by atoms with van der Waals surface area (Å²) in [5.74, 6) is 0. The highest BCUT2D eigenvalue weighted by Crippen LogP contribution is 2.46. The Labute approximate surface area is 79.9 Å². The van der Waals surface area contributed by atoms with Crippen molar-refractivity contribution in [2.45, 2.75) is 65.2 Å². The molecule has 0 unspecified atom stereocenters. The Bertz CT molecular complexity index is 89.2. The lowest BCUT2D eigenvalue weighted by Gasteiger charge is -2.25. The Morgan fingerprint density at radius 3 is 1.75 bits per heavy atom. The van der Waals surface area contributed by atoms with E-state index in [1.54, 1.807) is 0 Å². The van der Waals surface area contributed by atoms with Crippen LogP contribution >= 0.6 is 7.92 Å². The van der Waals surface area contributed by atoms with Crippen molar-refractivity contribution in [1.82, 2.24) is 0 Å². The summed E-state index contributed by atoms with van der Waals surface area (Å²) < 4.78 is 0. The van der Waals surface area contributed by atoms with Crippen LogP contribution in [0, 0.1) is 0 Å². The number of unbranched alkanes of at least 4 members (excludes halogenated alkanes) is 2. The van der Waals surface area contributed by atoms with E-state index in [0.717, 1.165) is 11.3 Å². The summed E-state index contributed by atoms with van der Waals surface area (Å²) in [6.45, 7) is 11.8. The van der Waals surface area contributed by atoms with Crippen molar-refractivity contribution in [3.05, 3.63) is 0 Å². The van der Waals surface area contributed by atoms with Crippen LogP contribution < -0.4 is 0 Å². The molecule has 0 aliphatic rings. The highest BCUT2D eigenvalue weighted by atomic mass is 31.1. The SMILES string of the molecule is CCCCCP(C(C)C)C(C)C. The molecule has 0 N–H and O–H groups in total. The van der Waals surface area contributed by atoms with Crippen LogP contribution in [0.4, 0.5) is 0 Å². The Balaban J connectivity index is 3.64. The third-order valence-electron chi connectivity index (χ3n) is 2.35. The van der Waals surface area contributed by atoms with Gasteiger partial charge in [0.1, 0.15) is 0 Å². The molecule has 0 saturated carbocycles. The average Bonchev–Trinajstić information content (AvgIpc) is 1.96. The molecule has 0 aliphatic heterocycles. The number of hydrogen-bond acceptors (Lipinski definition) is 0. The molecule has 0 radical (unpaired) electrons. The van der Waals surface area contributed by atoms with E-state index in [-0.39, 0.29) is 0 Å². The Morgan fingerprint density at radius 1 is 0.917 bits per heavy atom. The molecule has 0 aliphatic carbocycles. The van der Waals surface area contributed by atoms with Gasteiger partial charge < -0.3 is 0 Å². The van der Waals surface area contributed by atoms with Crippen LogP contribution in [-0.2, 0) is 0 Å². The second kappa shape index (κ2) is 6.89. The van der Waals surface area contributed by atoms with Gasteiger partial charge >= 0.3 is 0 Å². The zero-order valence-electron chi connectivity index (χ0n) is 9.43. The van der Waals surface area contributed by atoms with Gasteiger partial charge in [0, 0.05) is 0 Å². The van der Waals surface area contributed by atoms with Crippen LogP contribution in [0.1, 0.15) is 53.9 Å². The fourth-order valence-electron chi connectivity index (χ4n) is 1.66. The monoisotopic (exact) mass is 188 g/mol. The quantitative estimate of drug-likeness (QED) is 0.426. The molecule has 74 valence electrons. The molecule has 0 atom stereocenters. The second-order valence-corrected chi connectivity index (χ2v) is 7.67. The van der Waals surface area contributed by atoms with Crippen LogP contribution in [0.25, 0.3) is 0 Å². The summed E-state index contributed by atoms with van der Waals surface area (Å²) >= 11 is 0. The van der Waals surface area contributed by atoms with Crippen molar-refractivity contribution >= 4 is 7.92 Å². The molecule has 0 saturated heterocycles. The van der Waals surface area contributed by atoms with E-state index in [4.69, 9.17) is 0 Å². The molecule has 0 amide bonds. The summed E-state index contributed by atoms with van der Waals surface area (Å²) in [6, 6.07) is 0. The largest absolute Gasteiger partial charge is 0.101 e. The van der Waals surface area contributed by atoms with Crippen LogP contribution in [0.3, 0.4) is 0 Å².